The van der Waals surface area contributed by atoms with Crippen LogP contribution in [0.3, 0.4) is 0 Å². The Morgan fingerprint density at radius 3 is 3.10 bits per heavy atom. The Labute approximate surface area is 121 Å². The second-order valence-electron chi connectivity index (χ2n) is 5.03. The van der Waals surface area contributed by atoms with Gasteiger partial charge in [-0.2, -0.15) is 5.10 Å². The van der Waals surface area contributed by atoms with Crippen molar-refractivity contribution in [2.75, 3.05) is 6.54 Å². The molecule has 1 saturated heterocycles. The molecular weight excluding hydrogens is 274 g/mol. The Morgan fingerprint density at radius 2 is 2.35 bits per heavy atom. The number of likely N-dealkylation sites (tertiary alicyclic amines) is 1. The monoisotopic (exact) mass is 291 g/mol. The molecule has 1 aliphatic heterocycles. The van der Waals surface area contributed by atoms with Gasteiger partial charge in [-0.05, 0) is 32.4 Å². The third-order valence-corrected chi connectivity index (χ3v) is 4.40. The molecule has 2 aromatic heterocycles. The van der Waals surface area contributed by atoms with Crippen molar-refractivity contribution in [2.45, 2.75) is 38.9 Å². The summed E-state index contributed by atoms with van der Waals surface area (Å²) in [4.78, 5) is 14.1. The van der Waals surface area contributed by atoms with E-state index < -0.39 is 0 Å². The van der Waals surface area contributed by atoms with Crippen LogP contribution < -0.4 is 5.56 Å². The molecule has 3 heterocycles. The van der Waals surface area contributed by atoms with Gasteiger partial charge in [0.05, 0.1) is 13.1 Å². The van der Waals surface area contributed by atoms with E-state index in [0.717, 1.165) is 35.9 Å². The van der Waals surface area contributed by atoms with E-state index in [1.807, 2.05) is 6.92 Å². The van der Waals surface area contributed by atoms with Crippen molar-refractivity contribution >= 4 is 11.3 Å². The predicted molar refractivity (Wildman–Crippen MR) is 76.6 cm³/mol. The molecule has 1 unspecified atom stereocenters. The van der Waals surface area contributed by atoms with Gasteiger partial charge in [-0.3, -0.25) is 9.69 Å². The second kappa shape index (κ2) is 5.80. The highest BCUT2D eigenvalue weighted by molar-refractivity contribution is 7.11. The zero-order valence-corrected chi connectivity index (χ0v) is 12.2. The average Bonchev–Trinajstić information content (AvgIpc) is 3.03. The van der Waals surface area contributed by atoms with E-state index in [1.165, 1.54) is 0 Å². The van der Waals surface area contributed by atoms with Gasteiger partial charge in [-0.15, -0.1) is 21.5 Å². The van der Waals surface area contributed by atoms with Crippen LogP contribution in [0.4, 0.5) is 0 Å². The molecule has 0 aromatic carbocycles. The van der Waals surface area contributed by atoms with E-state index in [9.17, 15) is 4.79 Å². The topological polar surface area (TPSA) is 63.9 Å². The molecule has 1 aliphatic rings. The average molecular weight is 291 g/mol. The second-order valence-corrected chi connectivity index (χ2v) is 6.29. The van der Waals surface area contributed by atoms with E-state index in [1.54, 1.807) is 34.3 Å². The predicted octanol–water partition coefficient (Wildman–Crippen LogP) is 1.07. The zero-order valence-electron chi connectivity index (χ0n) is 11.4. The van der Waals surface area contributed by atoms with Gasteiger partial charge in [0, 0.05) is 18.3 Å². The first-order valence-corrected chi connectivity index (χ1v) is 7.59. The van der Waals surface area contributed by atoms with Gasteiger partial charge < -0.3 is 0 Å². The van der Waals surface area contributed by atoms with Gasteiger partial charge in [0.1, 0.15) is 10.0 Å². The first kappa shape index (κ1) is 13.4. The van der Waals surface area contributed by atoms with Crippen molar-refractivity contribution in [3.05, 3.63) is 38.7 Å². The highest BCUT2D eigenvalue weighted by Crippen LogP contribution is 2.22. The molecule has 0 radical (unpaired) electrons. The Kier molecular flexibility index (Phi) is 3.88. The zero-order chi connectivity index (χ0) is 13.9. The molecule has 2 aromatic rings. The normalized spacial score (nSPS) is 19.6. The summed E-state index contributed by atoms with van der Waals surface area (Å²) in [5, 5.41) is 14.4. The third-order valence-electron chi connectivity index (χ3n) is 3.57. The lowest BCUT2D eigenvalue weighted by Crippen LogP contribution is -2.36. The fraction of sp³-hybridized carbons (Fsp3) is 0.538. The minimum Gasteiger partial charge on any atom is -0.292 e. The van der Waals surface area contributed by atoms with E-state index in [4.69, 9.17) is 0 Å². The maximum atomic E-state index is 11.7. The van der Waals surface area contributed by atoms with Crippen LogP contribution in [-0.4, -0.2) is 37.5 Å². The number of hydrogen-bond donors (Lipinski definition) is 0. The number of nitrogens with zero attached hydrogens (tertiary/aromatic N) is 5. The maximum absolute atomic E-state index is 11.7. The van der Waals surface area contributed by atoms with Crippen LogP contribution in [0.5, 0.6) is 0 Å². The third kappa shape index (κ3) is 2.94. The molecule has 0 saturated carbocycles. The lowest BCUT2D eigenvalue weighted by molar-refractivity contribution is 0.216. The standard InChI is InChI=1S/C13H17N5OS/c1-10-15-16-12(20-10)9-17-7-3-4-11(17)8-18-13(19)5-2-6-14-18/h2,5-6,11H,3-4,7-9H2,1H3. The summed E-state index contributed by atoms with van der Waals surface area (Å²) < 4.78 is 1.55. The highest BCUT2D eigenvalue weighted by atomic mass is 32.1. The van der Waals surface area contributed by atoms with Gasteiger partial charge >= 0.3 is 0 Å². The molecule has 3 rings (SSSR count). The molecule has 1 atom stereocenters. The first-order chi connectivity index (χ1) is 9.72. The summed E-state index contributed by atoms with van der Waals surface area (Å²) in [6, 6.07) is 3.59. The molecule has 0 aliphatic carbocycles. The lowest BCUT2D eigenvalue weighted by Gasteiger charge is -2.23. The molecule has 106 valence electrons. The van der Waals surface area contributed by atoms with Crippen molar-refractivity contribution in [3.8, 4) is 0 Å². The molecule has 6 nitrogen and oxygen atoms in total. The van der Waals surface area contributed by atoms with E-state index >= 15 is 0 Å². The molecule has 1 fully saturated rings. The molecule has 20 heavy (non-hydrogen) atoms. The minimum absolute atomic E-state index is 0.0360. The van der Waals surface area contributed by atoms with Gasteiger partial charge in [-0.25, -0.2) is 4.68 Å². The highest BCUT2D eigenvalue weighted by Gasteiger charge is 2.26. The molecule has 0 N–H and O–H groups in total. The maximum Gasteiger partial charge on any atom is 0.266 e. The summed E-state index contributed by atoms with van der Waals surface area (Å²) >= 11 is 1.64. The number of hydrogen-bond acceptors (Lipinski definition) is 6. The summed E-state index contributed by atoms with van der Waals surface area (Å²) in [6.45, 7) is 4.48. The van der Waals surface area contributed by atoms with Crippen molar-refractivity contribution < 1.29 is 0 Å². The Hall–Kier alpha value is -1.60. The Bertz CT molecular complexity index is 637. The summed E-state index contributed by atoms with van der Waals surface area (Å²) in [6.07, 6.45) is 3.92. The van der Waals surface area contributed by atoms with Crippen LogP contribution in [0.2, 0.25) is 0 Å². The Balaban J connectivity index is 1.69. The van der Waals surface area contributed by atoms with Crippen LogP contribution in [0.1, 0.15) is 22.9 Å². The van der Waals surface area contributed by atoms with Crippen LogP contribution in [0.25, 0.3) is 0 Å². The van der Waals surface area contributed by atoms with Crippen LogP contribution in [0.15, 0.2) is 23.1 Å². The van der Waals surface area contributed by atoms with Gasteiger partial charge in [0.25, 0.3) is 5.56 Å². The van der Waals surface area contributed by atoms with Crippen molar-refractivity contribution in [1.29, 1.82) is 0 Å². The van der Waals surface area contributed by atoms with Gasteiger partial charge in [-0.1, -0.05) is 0 Å². The number of aromatic nitrogens is 4. The van der Waals surface area contributed by atoms with Crippen LogP contribution in [0, 0.1) is 6.92 Å². The van der Waals surface area contributed by atoms with E-state index in [-0.39, 0.29) is 5.56 Å². The summed E-state index contributed by atoms with van der Waals surface area (Å²) in [5.74, 6) is 0. The van der Waals surface area contributed by atoms with Crippen LogP contribution in [-0.2, 0) is 13.1 Å². The minimum atomic E-state index is -0.0360. The van der Waals surface area contributed by atoms with E-state index in [0.29, 0.717) is 12.6 Å². The first-order valence-electron chi connectivity index (χ1n) is 6.77. The molecule has 7 heteroatoms. The number of rotatable bonds is 4. The molecule has 0 spiro atoms. The fourth-order valence-corrected chi connectivity index (χ4v) is 3.34. The van der Waals surface area contributed by atoms with Crippen LogP contribution >= 0.6 is 11.3 Å². The van der Waals surface area contributed by atoms with Crippen molar-refractivity contribution in [2.24, 2.45) is 0 Å². The smallest absolute Gasteiger partial charge is 0.266 e. The summed E-state index contributed by atoms with van der Waals surface area (Å²) in [7, 11) is 0. The van der Waals surface area contributed by atoms with E-state index in [2.05, 4.69) is 20.2 Å². The Morgan fingerprint density at radius 1 is 1.45 bits per heavy atom. The molecule has 0 amide bonds. The molecule has 0 bridgehead atoms. The van der Waals surface area contributed by atoms with Gasteiger partial charge in [0.15, 0.2) is 0 Å². The largest absolute Gasteiger partial charge is 0.292 e. The van der Waals surface area contributed by atoms with Gasteiger partial charge in [0.2, 0.25) is 0 Å². The number of aryl methyl sites for hydroxylation is 1. The lowest BCUT2D eigenvalue weighted by atomic mass is 10.2. The summed E-state index contributed by atoms with van der Waals surface area (Å²) in [5.41, 5.74) is -0.0360. The molecular formula is C13H17N5OS. The van der Waals surface area contributed by atoms with Crippen molar-refractivity contribution in [3.63, 3.8) is 0 Å². The SMILES string of the molecule is Cc1nnc(CN2CCCC2Cn2ncccc2=O)s1. The van der Waals surface area contributed by atoms with Crippen molar-refractivity contribution in [1.82, 2.24) is 24.9 Å². The quantitative estimate of drug-likeness (QED) is 0.843. The fourth-order valence-electron chi connectivity index (χ4n) is 2.61.